The molecular formula is C10H12F3NS. The molecule has 0 atom stereocenters. The quantitative estimate of drug-likeness (QED) is 0.632. The summed E-state index contributed by atoms with van der Waals surface area (Å²) in [6.07, 6.45) is -4.88. The third-order valence-corrected chi connectivity index (χ3v) is 2.58. The highest BCUT2D eigenvalue weighted by Crippen LogP contribution is 2.20. The van der Waals surface area contributed by atoms with Gasteiger partial charge in [-0.2, -0.15) is 13.2 Å². The molecule has 0 aromatic heterocycles. The minimum atomic E-state index is -4.08. The van der Waals surface area contributed by atoms with Crippen LogP contribution < -0.4 is 4.72 Å². The van der Waals surface area contributed by atoms with Gasteiger partial charge in [-0.25, -0.2) is 0 Å². The second-order valence-electron chi connectivity index (χ2n) is 3.17. The van der Waals surface area contributed by atoms with Crippen LogP contribution in [0.1, 0.15) is 12.0 Å². The van der Waals surface area contributed by atoms with E-state index in [1.165, 1.54) is 11.9 Å². The first-order chi connectivity index (χ1) is 6.97. The lowest BCUT2D eigenvalue weighted by Gasteiger charge is -2.07. The lowest BCUT2D eigenvalue weighted by Crippen LogP contribution is -2.16. The van der Waals surface area contributed by atoms with Crippen LogP contribution in [0, 0.1) is 6.92 Å². The predicted octanol–water partition coefficient (Wildman–Crippen LogP) is 3.54. The van der Waals surface area contributed by atoms with Crippen LogP contribution >= 0.6 is 11.9 Å². The third-order valence-electron chi connectivity index (χ3n) is 1.72. The van der Waals surface area contributed by atoms with Crippen molar-refractivity contribution in [3.8, 4) is 0 Å². The Hall–Kier alpha value is -0.680. The largest absolute Gasteiger partial charge is 0.390 e. The van der Waals surface area contributed by atoms with Crippen molar-refractivity contribution < 1.29 is 13.2 Å². The van der Waals surface area contributed by atoms with E-state index in [0.29, 0.717) is 0 Å². The second-order valence-corrected chi connectivity index (χ2v) is 4.14. The van der Waals surface area contributed by atoms with E-state index in [9.17, 15) is 13.2 Å². The fourth-order valence-electron chi connectivity index (χ4n) is 0.933. The molecule has 0 aliphatic heterocycles. The van der Waals surface area contributed by atoms with E-state index < -0.39 is 12.6 Å². The van der Waals surface area contributed by atoms with Crippen LogP contribution in [0.5, 0.6) is 0 Å². The molecule has 1 aromatic carbocycles. The summed E-state index contributed by atoms with van der Waals surface area (Å²) in [5.41, 5.74) is 1.13. The summed E-state index contributed by atoms with van der Waals surface area (Å²) in [6.45, 7) is 1.90. The van der Waals surface area contributed by atoms with Crippen LogP contribution in [0.2, 0.25) is 0 Å². The number of hydrogen-bond acceptors (Lipinski definition) is 2. The predicted molar refractivity (Wildman–Crippen MR) is 55.7 cm³/mol. The molecule has 1 nitrogen and oxygen atoms in total. The molecule has 0 unspecified atom stereocenters. The van der Waals surface area contributed by atoms with Gasteiger partial charge in [0.15, 0.2) is 0 Å². The van der Waals surface area contributed by atoms with Gasteiger partial charge in [0.1, 0.15) is 0 Å². The van der Waals surface area contributed by atoms with Gasteiger partial charge in [-0.1, -0.05) is 17.7 Å². The molecule has 0 aliphatic carbocycles. The normalized spacial score (nSPS) is 11.7. The molecule has 0 bridgehead atoms. The van der Waals surface area contributed by atoms with Crippen molar-refractivity contribution >= 4 is 11.9 Å². The van der Waals surface area contributed by atoms with Crippen molar-refractivity contribution in [3.63, 3.8) is 0 Å². The highest BCUT2D eigenvalue weighted by Gasteiger charge is 2.25. The van der Waals surface area contributed by atoms with Gasteiger partial charge < -0.3 is 0 Å². The van der Waals surface area contributed by atoms with E-state index in [0.717, 1.165) is 10.5 Å². The average Bonchev–Trinajstić information content (AvgIpc) is 2.14. The molecule has 0 heterocycles. The van der Waals surface area contributed by atoms with E-state index in [2.05, 4.69) is 4.72 Å². The van der Waals surface area contributed by atoms with Gasteiger partial charge in [-0.3, -0.25) is 4.72 Å². The summed E-state index contributed by atoms with van der Waals surface area (Å²) in [4.78, 5) is 0.919. The highest BCUT2D eigenvalue weighted by molar-refractivity contribution is 7.97. The first kappa shape index (κ1) is 12.4. The van der Waals surface area contributed by atoms with Crippen molar-refractivity contribution in [1.82, 2.24) is 4.72 Å². The standard InChI is InChI=1S/C10H12F3NS/c1-8-2-4-9(5-3-8)15-14-7-6-10(11,12)13/h2-5,14H,6-7H2,1H3. The Bertz CT molecular complexity index is 295. The molecule has 0 fully saturated rings. The van der Waals surface area contributed by atoms with E-state index in [-0.39, 0.29) is 6.54 Å². The topological polar surface area (TPSA) is 12.0 Å². The summed E-state index contributed by atoms with van der Waals surface area (Å²) < 4.78 is 38.0. The highest BCUT2D eigenvalue weighted by atomic mass is 32.2. The number of benzene rings is 1. The molecule has 5 heteroatoms. The summed E-state index contributed by atoms with van der Waals surface area (Å²) in [7, 11) is 0. The maximum absolute atomic E-state index is 11.8. The number of aryl methyl sites for hydroxylation is 1. The number of alkyl halides is 3. The molecule has 0 saturated heterocycles. The van der Waals surface area contributed by atoms with Crippen molar-refractivity contribution in [3.05, 3.63) is 29.8 Å². The Morgan fingerprint density at radius 2 is 1.80 bits per heavy atom. The fraction of sp³-hybridized carbons (Fsp3) is 0.400. The molecule has 0 aliphatic rings. The van der Waals surface area contributed by atoms with Crippen LogP contribution in [-0.2, 0) is 0 Å². The van der Waals surface area contributed by atoms with Crippen molar-refractivity contribution in [1.29, 1.82) is 0 Å². The zero-order chi connectivity index (χ0) is 11.3. The van der Waals surface area contributed by atoms with Crippen molar-refractivity contribution in [2.45, 2.75) is 24.4 Å². The van der Waals surface area contributed by atoms with Crippen LogP contribution in [0.3, 0.4) is 0 Å². The van der Waals surface area contributed by atoms with E-state index in [4.69, 9.17) is 0 Å². The molecule has 15 heavy (non-hydrogen) atoms. The summed E-state index contributed by atoms with van der Waals surface area (Å²) >= 11 is 1.22. The smallest absolute Gasteiger partial charge is 0.260 e. The maximum atomic E-state index is 11.8. The Morgan fingerprint density at radius 1 is 1.20 bits per heavy atom. The molecule has 0 spiro atoms. The first-order valence-corrected chi connectivity index (χ1v) is 5.32. The minimum Gasteiger partial charge on any atom is -0.260 e. The maximum Gasteiger partial charge on any atom is 0.390 e. The molecule has 1 aromatic rings. The Morgan fingerprint density at radius 3 is 2.33 bits per heavy atom. The van der Waals surface area contributed by atoms with E-state index >= 15 is 0 Å². The molecule has 1 N–H and O–H groups in total. The van der Waals surface area contributed by atoms with Crippen molar-refractivity contribution in [2.75, 3.05) is 6.54 Å². The Balaban J connectivity index is 2.23. The van der Waals surface area contributed by atoms with Gasteiger partial charge in [0.05, 0.1) is 6.42 Å². The van der Waals surface area contributed by atoms with Crippen LogP contribution in [0.4, 0.5) is 13.2 Å². The summed E-state index contributed by atoms with van der Waals surface area (Å²) in [5, 5.41) is 0. The van der Waals surface area contributed by atoms with Gasteiger partial charge in [0, 0.05) is 11.4 Å². The average molecular weight is 235 g/mol. The molecule has 84 valence electrons. The lowest BCUT2D eigenvalue weighted by molar-refractivity contribution is -0.132. The molecule has 1 rings (SSSR count). The summed E-state index contributed by atoms with van der Waals surface area (Å²) in [5.74, 6) is 0. The Kier molecular flexibility index (Phi) is 4.47. The Labute approximate surface area is 91.2 Å². The summed E-state index contributed by atoms with van der Waals surface area (Å²) in [6, 6.07) is 7.60. The van der Waals surface area contributed by atoms with E-state index in [1.807, 2.05) is 31.2 Å². The monoisotopic (exact) mass is 235 g/mol. The van der Waals surface area contributed by atoms with Gasteiger partial charge >= 0.3 is 6.18 Å². The van der Waals surface area contributed by atoms with Gasteiger partial charge in [-0.05, 0) is 31.0 Å². The zero-order valence-corrected chi connectivity index (χ0v) is 9.08. The number of rotatable bonds is 4. The number of nitrogens with one attached hydrogen (secondary N) is 1. The minimum absolute atomic E-state index is 0.0674. The zero-order valence-electron chi connectivity index (χ0n) is 8.27. The number of hydrogen-bond donors (Lipinski definition) is 1. The molecular weight excluding hydrogens is 223 g/mol. The first-order valence-electron chi connectivity index (χ1n) is 4.50. The molecule has 0 radical (unpaired) electrons. The second kappa shape index (κ2) is 5.42. The van der Waals surface area contributed by atoms with Gasteiger partial charge in [0.2, 0.25) is 0 Å². The SMILES string of the molecule is Cc1ccc(SNCCC(F)(F)F)cc1. The van der Waals surface area contributed by atoms with Crippen LogP contribution in [-0.4, -0.2) is 12.7 Å². The molecule has 0 amide bonds. The lowest BCUT2D eigenvalue weighted by atomic mass is 10.2. The van der Waals surface area contributed by atoms with Gasteiger partial charge in [-0.15, -0.1) is 0 Å². The van der Waals surface area contributed by atoms with Gasteiger partial charge in [0.25, 0.3) is 0 Å². The van der Waals surface area contributed by atoms with Crippen LogP contribution in [0.25, 0.3) is 0 Å². The van der Waals surface area contributed by atoms with Crippen molar-refractivity contribution in [2.24, 2.45) is 0 Å². The van der Waals surface area contributed by atoms with Crippen LogP contribution in [0.15, 0.2) is 29.2 Å². The fourth-order valence-corrected chi connectivity index (χ4v) is 1.58. The number of halogens is 3. The van der Waals surface area contributed by atoms with E-state index in [1.54, 1.807) is 0 Å². The molecule has 0 saturated carbocycles. The third kappa shape index (κ3) is 5.69.